The molecule has 0 radical (unpaired) electrons. The lowest BCUT2D eigenvalue weighted by Gasteiger charge is -2.29. The highest BCUT2D eigenvalue weighted by Crippen LogP contribution is 2.30. The molecular formula is C13H22N4O. The van der Waals surface area contributed by atoms with Crippen LogP contribution >= 0.6 is 0 Å². The first-order valence-corrected chi connectivity index (χ1v) is 7.05. The second-order valence-electron chi connectivity index (χ2n) is 5.65. The third-order valence-corrected chi connectivity index (χ3v) is 4.11. The van der Waals surface area contributed by atoms with E-state index >= 15 is 0 Å². The van der Waals surface area contributed by atoms with E-state index in [1.807, 2.05) is 6.92 Å². The van der Waals surface area contributed by atoms with E-state index in [2.05, 4.69) is 20.5 Å². The van der Waals surface area contributed by atoms with Crippen molar-refractivity contribution in [2.45, 2.75) is 45.2 Å². The highest BCUT2D eigenvalue weighted by atomic mass is 16.6. The zero-order chi connectivity index (χ0) is 12.4. The quantitative estimate of drug-likeness (QED) is 0.854. The van der Waals surface area contributed by atoms with Crippen molar-refractivity contribution in [3.63, 3.8) is 0 Å². The molecule has 100 valence electrons. The minimum absolute atomic E-state index is 0.774. The number of aryl methyl sites for hydroxylation is 1. The zero-order valence-corrected chi connectivity index (χ0v) is 11.1. The molecule has 1 saturated heterocycles. The summed E-state index contributed by atoms with van der Waals surface area (Å²) in [6.45, 7) is 6.44. The summed E-state index contributed by atoms with van der Waals surface area (Å²) in [7, 11) is 0. The monoisotopic (exact) mass is 250 g/mol. The SMILES string of the molecule is Cc1nonc1CN(CC1CCNCC1)C1CC1. The lowest BCUT2D eigenvalue weighted by atomic mass is 9.97. The van der Waals surface area contributed by atoms with Crippen molar-refractivity contribution in [1.82, 2.24) is 20.5 Å². The third-order valence-electron chi connectivity index (χ3n) is 4.11. The number of piperidine rings is 1. The number of rotatable bonds is 5. The van der Waals surface area contributed by atoms with Crippen molar-refractivity contribution in [3.8, 4) is 0 Å². The number of hydrogen-bond donors (Lipinski definition) is 1. The lowest BCUT2D eigenvalue weighted by Crippen LogP contribution is -2.37. The van der Waals surface area contributed by atoms with Crippen LogP contribution in [0.25, 0.3) is 0 Å². The van der Waals surface area contributed by atoms with E-state index in [-0.39, 0.29) is 0 Å². The summed E-state index contributed by atoms with van der Waals surface area (Å²) in [5, 5.41) is 11.3. The molecule has 1 aliphatic carbocycles. The zero-order valence-electron chi connectivity index (χ0n) is 11.1. The molecule has 0 unspecified atom stereocenters. The van der Waals surface area contributed by atoms with Crippen LogP contribution < -0.4 is 5.32 Å². The molecule has 5 heteroatoms. The third kappa shape index (κ3) is 2.90. The maximum Gasteiger partial charge on any atom is 0.122 e. The lowest BCUT2D eigenvalue weighted by molar-refractivity contribution is 0.185. The Morgan fingerprint density at radius 3 is 2.61 bits per heavy atom. The molecule has 0 bridgehead atoms. The molecule has 1 saturated carbocycles. The molecule has 5 nitrogen and oxygen atoms in total. The second kappa shape index (κ2) is 5.36. The molecule has 1 N–H and O–H groups in total. The van der Waals surface area contributed by atoms with Gasteiger partial charge in [-0.3, -0.25) is 4.90 Å². The number of nitrogens with one attached hydrogen (secondary N) is 1. The molecule has 2 aliphatic rings. The topological polar surface area (TPSA) is 54.2 Å². The highest BCUT2D eigenvalue weighted by molar-refractivity contribution is 5.05. The average molecular weight is 250 g/mol. The summed E-state index contributed by atoms with van der Waals surface area (Å²) in [5.41, 5.74) is 1.95. The fourth-order valence-corrected chi connectivity index (χ4v) is 2.76. The summed E-state index contributed by atoms with van der Waals surface area (Å²) in [4.78, 5) is 2.59. The molecule has 1 aromatic heterocycles. The van der Waals surface area contributed by atoms with E-state index in [1.165, 1.54) is 45.3 Å². The molecule has 0 spiro atoms. The van der Waals surface area contributed by atoms with Crippen LogP contribution in [0.1, 0.15) is 37.1 Å². The van der Waals surface area contributed by atoms with Gasteiger partial charge in [0.05, 0.1) is 0 Å². The van der Waals surface area contributed by atoms with Gasteiger partial charge in [0.15, 0.2) is 0 Å². The first-order valence-electron chi connectivity index (χ1n) is 7.05. The molecule has 18 heavy (non-hydrogen) atoms. The van der Waals surface area contributed by atoms with Crippen LogP contribution in [0.2, 0.25) is 0 Å². The van der Waals surface area contributed by atoms with Crippen LogP contribution in [0.5, 0.6) is 0 Å². The Morgan fingerprint density at radius 1 is 1.22 bits per heavy atom. The summed E-state index contributed by atoms with van der Waals surface area (Å²) in [6.07, 6.45) is 5.29. The van der Waals surface area contributed by atoms with Gasteiger partial charge in [-0.1, -0.05) is 10.3 Å². The Balaban J connectivity index is 1.59. The van der Waals surface area contributed by atoms with Gasteiger partial charge in [0, 0.05) is 19.1 Å². The largest absolute Gasteiger partial charge is 0.317 e. The van der Waals surface area contributed by atoms with E-state index < -0.39 is 0 Å². The van der Waals surface area contributed by atoms with Crippen LogP contribution in [-0.4, -0.2) is 40.9 Å². The Morgan fingerprint density at radius 2 is 2.00 bits per heavy atom. The van der Waals surface area contributed by atoms with Gasteiger partial charge >= 0.3 is 0 Å². The van der Waals surface area contributed by atoms with E-state index in [0.29, 0.717) is 0 Å². The van der Waals surface area contributed by atoms with Gasteiger partial charge in [0.2, 0.25) is 0 Å². The molecular weight excluding hydrogens is 228 g/mol. The second-order valence-corrected chi connectivity index (χ2v) is 5.65. The fraction of sp³-hybridized carbons (Fsp3) is 0.846. The van der Waals surface area contributed by atoms with Crippen LogP contribution in [0.15, 0.2) is 4.63 Å². The minimum Gasteiger partial charge on any atom is -0.317 e. The molecule has 1 aromatic rings. The van der Waals surface area contributed by atoms with Crippen molar-refractivity contribution in [3.05, 3.63) is 11.4 Å². The van der Waals surface area contributed by atoms with Gasteiger partial charge in [-0.15, -0.1) is 0 Å². The maximum absolute atomic E-state index is 4.80. The van der Waals surface area contributed by atoms with Crippen molar-refractivity contribution >= 4 is 0 Å². The van der Waals surface area contributed by atoms with Crippen LogP contribution in [-0.2, 0) is 6.54 Å². The first-order chi connectivity index (χ1) is 8.83. The van der Waals surface area contributed by atoms with Gasteiger partial charge in [0.1, 0.15) is 11.4 Å². The molecule has 3 rings (SSSR count). The van der Waals surface area contributed by atoms with E-state index in [0.717, 1.165) is 29.9 Å². The molecule has 1 aliphatic heterocycles. The maximum atomic E-state index is 4.80. The van der Waals surface area contributed by atoms with Crippen LogP contribution in [0, 0.1) is 12.8 Å². The predicted octanol–water partition coefficient (Wildman–Crippen LogP) is 1.34. The van der Waals surface area contributed by atoms with Gasteiger partial charge in [-0.05, 0) is 51.6 Å². The Kier molecular flexibility index (Phi) is 3.61. The number of aromatic nitrogens is 2. The Labute approximate surface area is 108 Å². The number of nitrogens with zero attached hydrogens (tertiary/aromatic N) is 3. The van der Waals surface area contributed by atoms with Crippen LogP contribution in [0.4, 0.5) is 0 Å². The highest BCUT2D eigenvalue weighted by Gasteiger charge is 2.31. The first kappa shape index (κ1) is 12.1. The van der Waals surface area contributed by atoms with Gasteiger partial charge in [-0.25, -0.2) is 4.63 Å². The van der Waals surface area contributed by atoms with Crippen molar-refractivity contribution in [2.24, 2.45) is 5.92 Å². The average Bonchev–Trinajstić information content (AvgIpc) is 3.16. The van der Waals surface area contributed by atoms with Gasteiger partial charge in [-0.2, -0.15) is 0 Å². The van der Waals surface area contributed by atoms with E-state index in [4.69, 9.17) is 4.63 Å². The molecule has 0 amide bonds. The molecule has 0 aromatic carbocycles. The molecule has 2 fully saturated rings. The van der Waals surface area contributed by atoms with Gasteiger partial charge < -0.3 is 5.32 Å². The minimum atomic E-state index is 0.774. The Bertz CT molecular complexity index is 382. The summed E-state index contributed by atoms with van der Waals surface area (Å²) < 4.78 is 4.80. The fourth-order valence-electron chi connectivity index (χ4n) is 2.76. The van der Waals surface area contributed by atoms with Crippen LogP contribution in [0.3, 0.4) is 0 Å². The van der Waals surface area contributed by atoms with Crippen molar-refractivity contribution in [2.75, 3.05) is 19.6 Å². The summed E-state index contributed by atoms with van der Waals surface area (Å²) >= 11 is 0. The van der Waals surface area contributed by atoms with E-state index in [1.54, 1.807) is 0 Å². The van der Waals surface area contributed by atoms with Crippen molar-refractivity contribution in [1.29, 1.82) is 0 Å². The number of hydrogen-bond acceptors (Lipinski definition) is 5. The summed E-state index contributed by atoms with van der Waals surface area (Å²) in [6, 6.07) is 0.774. The van der Waals surface area contributed by atoms with Gasteiger partial charge in [0.25, 0.3) is 0 Å². The standard InChI is InChI=1S/C13H22N4O/c1-10-13(16-18-15-10)9-17(12-2-3-12)8-11-4-6-14-7-5-11/h11-12,14H,2-9H2,1H3. The molecule has 2 heterocycles. The molecule has 0 atom stereocenters. The summed E-state index contributed by atoms with van der Waals surface area (Å²) in [5.74, 6) is 0.840. The smallest absolute Gasteiger partial charge is 0.122 e. The normalized spacial score (nSPS) is 21.7. The van der Waals surface area contributed by atoms with Crippen molar-refractivity contribution < 1.29 is 4.63 Å². The van der Waals surface area contributed by atoms with E-state index in [9.17, 15) is 0 Å². The Hall–Kier alpha value is -0.940. The predicted molar refractivity (Wildman–Crippen MR) is 68.1 cm³/mol.